The Hall–Kier alpha value is -1.46. The third kappa shape index (κ3) is 4.88. The summed E-state index contributed by atoms with van der Waals surface area (Å²) >= 11 is 0. The van der Waals surface area contributed by atoms with Crippen LogP contribution in [0.25, 0.3) is 0 Å². The molecular weight excluding hydrogens is 383 g/mol. The van der Waals surface area contributed by atoms with Gasteiger partial charge in [-0.05, 0) is 20.8 Å². The molecule has 27 heavy (non-hydrogen) atoms. The number of nitrogens with zero attached hydrogens (tertiary/aromatic N) is 1. The fourth-order valence-electron chi connectivity index (χ4n) is 2.78. The zero-order valence-electron chi connectivity index (χ0n) is 15.4. The Morgan fingerprint density at radius 3 is 2.56 bits per heavy atom. The number of H-pyrrole nitrogens is 1. The van der Waals surface area contributed by atoms with Crippen molar-refractivity contribution in [2.24, 2.45) is 0 Å². The fraction of sp³-hybridized carbons (Fsp3) is 0.733. The Morgan fingerprint density at radius 2 is 2.00 bits per heavy atom. The summed E-state index contributed by atoms with van der Waals surface area (Å²) < 4.78 is 34.2. The van der Waals surface area contributed by atoms with Gasteiger partial charge < -0.3 is 19.3 Å². The largest absolute Gasteiger partial charge is 0.695 e. The van der Waals surface area contributed by atoms with Gasteiger partial charge in [-0.1, -0.05) is 0 Å². The van der Waals surface area contributed by atoms with Crippen molar-refractivity contribution in [2.45, 2.75) is 57.5 Å². The van der Waals surface area contributed by atoms with Gasteiger partial charge in [0.05, 0.1) is 18.8 Å². The quantitative estimate of drug-likeness (QED) is 0.488. The molecule has 1 fully saturated rings. The van der Waals surface area contributed by atoms with Crippen molar-refractivity contribution in [3.8, 4) is 0 Å². The van der Waals surface area contributed by atoms with E-state index < -0.39 is 56.8 Å². The maximum atomic E-state index is 12.3. The zero-order chi connectivity index (χ0) is 20.3. The van der Waals surface area contributed by atoms with E-state index in [-0.39, 0.29) is 11.7 Å². The highest BCUT2D eigenvalue weighted by molar-refractivity contribution is 7.32. The van der Waals surface area contributed by atoms with Gasteiger partial charge in [0.15, 0.2) is 12.3 Å². The Morgan fingerprint density at radius 1 is 1.33 bits per heavy atom. The Balaban J connectivity index is 2.46. The van der Waals surface area contributed by atoms with Gasteiger partial charge in [-0.2, -0.15) is 0 Å². The number of methoxy groups -OCH3 is 1. The lowest BCUT2D eigenvalue weighted by Gasteiger charge is -2.28. The number of nitrogens with one attached hydrogen (secondary N) is 1. The van der Waals surface area contributed by atoms with E-state index in [2.05, 4.69) is 4.98 Å². The molecule has 7 atom stereocenters. The lowest BCUT2D eigenvalue weighted by molar-refractivity contribution is -0.127. The smallest absolute Gasteiger partial charge is 0.394 e. The van der Waals surface area contributed by atoms with Crippen LogP contribution < -0.4 is 11.2 Å². The topological polar surface area (TPSA) is 149 Å². The fourth-order valence-corrected chi connectivity index (χ4v) is 3.24. The van der Waals surface area contributed by atoms with Crippen molar-refractivity contribution in [3.63, 3.8) is 0 Å². The summed E-state index contributed by atoms with van der Waals surface area (Å²) in [4.78, 5) is 35.2. The minimum Gasteiger partial charge on any atom is -0.394 e. The zero-order valence-corrected chi connectivity index (χ0v) is 16.3. The van der Waals surface area contributed by atoms with Crippen LogP contribution in [0.2, 0.25) is 0 Å². The molecule has 1 aliphatic heterocycles. The summed E-state index contributed by atoms with van der Waals surface area (Å²) in [7, 11) is -1.52. The summed E-state index contributed by atoms with van der Waals surface area (Å²) in [6, 6.07) is 0. The highest BCUT2D eigenvalue weighted by atomic mass is 31.1. The summed E-state index contributed by atoms with van der Waals surface area (Å²) in [6.07, 6.45) is -3.81. The second-order valence-electron chi connectivity index (χ2n) is 6.28. The van der Waals surface area contributed by atoms with Gasteiger partial charge in [0, 0.05) is 23.4 Å². The molecule has 2 unspecified atom stereocenters. The summed E-state index contributed by atoms with van der Waals surface area (Å²) in [6.45, 7) is 4.46. The van der Waals surface area contributed by atoms with Crippen molar-refractivity contribution in [1.29, 1.82) is 0 Å². The van der Waals surface area contributed by atoms with Crippen LogP contribution in [0.3, 0.4) is 0 Å². The van der Waals surface area contributed by atoms with Crippen LogP contribution in [-0.4, -0.2) is 63.8 Å². The molecule has 152 valence electrons. The molecule has 1 aliphatic rings. The molecule has 1 aromatic heterocycles. The number of aliphatic hydroxyl groups is 1. The molecule has 2 rings (SSSR count). The number of aromatic nitrogens is 2. The van der Waals surface area contributed by atoms with Crippen molar-refractivity contribution in [2.75, 3.05) is 13.7 Å². The number of aryl methyl sites for hydroxylation is 1. The first-order valence-electron chi connectivity index (χ1n) is 8.29. The highest BCUT2D eigenvalue weighted by Gasteiger charge is 2.52. The SMILES string of the molecule is CO[C@H](C)[C@@H](C)O[C@H]1C(O[P+](=O)O)[C@@H](CO)O[C@H]1n1cc(C)c(=O)[nH]c1=O. The van der Waals surface area contributed by atoms with Crippen molar-refractivity contribution >= 4 is 8.25 Å². The molecule has 12 heteroatoms. The van der Waals surface area contributed by atoms with Gasteiger partial charge in [0.25, 0.3) is 5.56 Å². The lowest BCUT2D eigenvalue weighted by atomic mass is 10.1. The number of aromatic amines is 1. The molecule has 1 saturated heterocycles. The Bertz CT molecular complexity index is 779. The first kappa shape index (κ1) is 21.8. The van der Waals surface area contributed by atoms with Crippen LogP contribution in [0.4, 0.5) is 0 Å². The molecule has 0 spiro atoms. The molecule has 0 aliphatic carbocycles. The minimum absolute atomic E-state index is 0.258. The van der Waals surface area contributed by atoms with E-state index in [4.69, 9.17) is 18.7 Å². The Labute approximate surface area is 155 Å². The van der Waals surface area contributed by atoms with Crippen LogP contribution in [0.5, 0.6) is 0 Å². The highest BCUT2D eigenvalue weighted by Crippen LogP contribution is 2.37. The van der Waals surface area contributed by atoms with E-state index >= 15 is 0 Å². The first-order chi connectivity index (χ1) is 12.7. The number of rotatable bonds is 8. The van der Waals surface area contributed by atoms with E-state index in [1.54, 1.807) is 13.8 Å². The average molecular weight is 407 g/mol. The van der Waals surface area contributed by atoms with E-state index in [0.717, 1.165) is 4.57 Å². The van der Waals surface area contributed by atoms with Crippen LogP contribution in [0.15, 0.2) is 15.8 Å². The number of hydrogen-bond donors (Lipinski definition) is 3. The molecule has 0 amide bonds. The first-order valence-corrected chi connectivity index (χ1v) is 9.42. The summed E-state index contributed by atoms with van der Waals surface area (Å²) in [5.41, 5.74) is -1.03. The molecule has 1 aromatic rings. The molecule has 0 radical (unpaired) electrons. The van der Waals surface area contributed by atoms with Gasteiger partial charge >= 0.3 is 13.9 Å². The molecule has 3 N–H and O–H groups in total. The van der Waals surface area contributed by atoms with Gasteiger partial charge in [0.2, 0.25) is 0 Å². The third-order valence-corrected chi connectivity index (χ3v) is 4.93. The molecule has 2 heterocycles. The van der Waals surface area contributed by atoms with E-state index in [0.29, 0.717) is 0 Å². The van der Waals surface area contributed by atoms with Crippen LogP contribution >= 0.6 is 8.25 Å². The monoisotopic (exact) mass is 407 g/mol. The van der Waals surface area contributed by atoms with Crippen molar-refractivity contribution in [1.82, 2.24) is 9.55 Å². The normalized spacial score (nSPS) is 28.1. The summed E-state index contributed by atoms with van der Waals surface area (Å²) in [5, 5.41) is 9.58. The standard InChI is InChI=1S/C15H23N2O9P/c1-7-5-17(15(20)16-13(7)19)14-12(24-9(3)8(2)23-4)11(26-27(21)22)10(6-18)25-14/h5,8-12,14,18H,6H2,1-4H3,(H-,16,19,20,21,22)/p+1/t8-,9-,10-,11?,12+,14-/m1/s1. The second-order valence-corrected chi connectivity index (χ2v) is 6.97. The summed E-state index contributed by atoms with van der Waals surface area (Å²) in [5.74, 6) is 0. The minimum atomic E-state index is -3.02. The number of ether oxygens (including phenoxy) is 3. The molecule has 0 bridgehead atoms. The van der Waals surface area contributed by atoms with Gasteiger partial charge in [-0.15, -0.1) is 9.42 Å². The maximum absolute atomic E-state index is 12.3. The molecule has 0 aromatic carbocycles. The van der Waals surface area contributed by atoms with Crippen molar-refractivity contribution < 1.29 is 33.3 Å². The predicted octanol–water partition coefficient (Wildman–Crippen LogP) is -0.422. The lowest BCUT2D eigenvalue weighted by Crippen LogP contribution is -2.43. The number of aliphatic hydroxyl groups excluding tert-OH is 1. The molecule has 11 nitrogen and oxygen atoms in total. The molecular formula is C15H24N2O9P+. The second kappa shape index (κ2) is 9.16. The van der Waals surface area contributed by atoms with Gasteiger partial charge in [-0.25, -0.2) is 4.79 Å². The van der Waals surface area contributed by atoms with Crippen LogP contribution in [0.1, 0.15) is 25.6 Å². The van der Waals surface area contributed by atoms with Gasteiger partial charge in [0.1, 0.15) is 12.2 Å². The predicted molar refractivity (Wildman–Crippen MR) is 92.6 cm³/mol. The molecule has 0 saturated carbocycles. The van der Waals surface area contributed by atoms with Crippen LogP contribution in [0, 0.1) is 6.92 Å². The number of hydrogen-bond acceptors (Lipinski definition) is 8. The maximum Gasteiger partial charge on any atom is 0.695 e. The van der Waals surface area contributed by atoms with Gasteiger partial charge in [-0.3, -0.25) is 14.3 Å². The van der Waals surface area contributed by atoms with E-state index in [9.17, 15) is 24.2 Å². The van der Waals surface area contributed by atoms with Crippen LogP contribution in [-0.2, 0) is 23.3 Å². The average Bonchev–Trinajstić information content (AvgIpc) is 2.94. The third-order valence-electron chi connectivity index (χ3n) is 4.50. The van der Waals surface area contributed by atoms with Crippen molar-refractivity contribution in [3.05, 3.63) is 32.6 Å². The Kier molecular flexibility index (Phi) is 7.40. The van der Waals surface area contributed by atoms with E-state index in [1.807, 2.05) is 0 Å². The van der Waals surface area contributed by atoms with E-state index in [1.165, 1.54) is 20.2 Å².